The van der Waals surface area contributed by atoms with Crippen molar-refractivity contribution < 1.29 is 17.9 Å². The lowest BCUT2D eigenvalue weighted by molar-refractivity contribution is -0.0946. The molecule has 2 aromatic rings. The summed E-state index contributed by atoms with van der Waals surface area (Å²) in [5.74, 6) is 0. The van der Waals surface area contributed by atoms with Crippen molar-refractivity contribution in [3.63, 3.8) is 0 Å². The third kappa shape index (κ3) is 3.17. The molecule has 0 unspecified atom stereocenters. The average molecular weight is 429 g/mol. The Hall–Kier alpha value is -2.49. The van der Waals surface area contributed by atoms with E-state index in [2.05, 4.69) is 10.3 Å². The number of anilines is 1. The Bertz CT molecular complexity index is 1080. The zero-order valence-electron chi connectivity index (χ0n) is 16.7. The van der Waals surface area contributed by atoms with Crippen LogP contribution < -0.4 is 5.32 Å². The normalized spacial score (nSPS) is 29.6. The van der Waals surface area contributed by atoms with Gasteiger partial charge < -0.3 is 15.0 Å². The molecule has 2 bridgehead atoms. The predicted molar refractivity (Wildman–Crippen MR) is 111 cm³/mol. The third-order valence-corrected chi connectivity index (χ3v) is 8.61. The number of nitrogens with one attached hydrogen (secondary N) is 1. The van der Waals surface area contributed by atoms with Crippen molar-refractivity contribution in [1.82, 2.24) is 14.2 Å². The molecule has 3 atom stereocenters. The van der Waals surface area contributed by atoms with Crippen molar-refractivity contribution in [3.05, 3.63) is 59.9 Å². The Labute approximate surface area is 175 Å². The molecule has 0 aliphatic carbocycles. The number of aromatic nitrogens is 1. The second kappa shape index (κ2) is 7.04. The summed E-state index contributed by atoms with van der Waals surface area (Å²) >= 11 is 0. The van der Waals surface area contributed by atoms with Crippen LogP contribution in [0.25, 0.3) is 0 Å². The number of carbonyl (C=O) groups excluding carboxylic acids is 1. The molecule has 3 saturated heterocycles. The fourth-order valence-corrected chi connectivity index (χ4v) is 7.14. The van der Waals surface area contributed by atoms with Crippen molar-refractivity contribution in [2.45, 2.75) is 36.8 Å². The first-order chi connectivity index (χ1) is 14.4. The Morgan fingerprint density at radius 3 is 2.77 bits per heavy atom. The van der Waals surface area contributed by atoms with E-state index in [1.165, 1.54) is 4.31 Å². The van der Waals surface area contributed by atoms with Crippen LogP contribution in [0.5, 0.6) is 0 Å². The molecule has 0 saturated carbocycles. The summed E-state index contributed by atoms with van der Waals surface area (Å²) in [6.07, 6.45) is 3.47. The van der Waals surface area contributed by atoms with Crippen LogP contribution in [-0.2, 0) is 21.3 Å². The molecule has 0 radical (unpaired) electrons. The molecule has 30 heavy (non-hydrogen) atoms. The zero-order valence-corrected chi connectivity index (χ0v) is 17.5. The van der Waals surface area contributed by atoms with Crippen molar-refractivity contribution in [3.8, 4) is 0 Å². The van der Waals surface area contributed by atoms with E-state index in [-0.39, 0.29) is 31.8 Å². The molecule has 3 aliphatic heterocycles. The average Bonchev–Trinajstić information content (AvgIpc) is 3.09. The van der Waals surface area contributed by atoms with E-state index in [1.807, 2.05) is 43.3 Å². The zero-order chi connectivity index (χ0) is 20.9. The number of fused-ring (bicyclic) bond motifs is 1. The minimum absolute atomic E-state index is 0.220. The molecule has 1 spiro atoms. The Morgan fingerprint density at radius 2 is 2.00 bits per heavy atom. The molecule has 8 nitrogen and oxygen atoms in total. The SMILES string of the molecule is Cc1ccccc1NC(=O)N1C[C@@H]2C[C@@H]3[C@@](C1)(CN(Cc1ccncc1)S3(=O)=O)O2. The van der Waals surface area contributed by atoms with Gasteiger partial charge in [0.2, 0.25) is 10.0 Å². The minimum Gasteiger partial charge on any atom is -0.365 e. The van der Waals surface area contributed by atoms with Gasteiger partial charge >= 0.3 is 6.03 Å². The van der Waals surface area contributed by atoms with Gasteiger partial charge in [-0.3, -0.25) is 4.98 Å². The van der Waals surface area contributed by atoms with Crippen LogP contribution >= 0.6 is 0 Å². The Balaban J connectivity index is 1.36. The number of rotatable bonds is 3. The molecular weight excluding hydrogens is 404 g/mol. The van der Waals surface area contributed by atoms with Gasteiger partial charge in [0.15, 0.2) is 0 Å². The number of amides is 2. The summed E-state index contributed by atoms with van der Waals surface area (Å²) in [5.41, 5.74) is 1.74. The number of nitrogens with zero attached hydrogens (tertiary/aromatic N) is 3. The highest BCUT2D eigenvalue weighted by atomic mass is 32.2. The summed E-state index contributed by atoms with van der Waals surface area (Å²) in [5, 5.41) is 2.34. The Morgan fingerprint density at radius 1 is 1.23 bits per heavy atom. The molecular formula is C21H24N4O4S. The van der Waals surface area contributed by atoms with Gasteiger partial charge in [-0.25, -0.2) is 13.2 Å². The van der Waals surface area contributed by atoms with Crippen LogP contribution in [0.15, 0.2) is 48.8 Å². The number of aryl methyl sites for hydroxylation is 1. The van der Waals surface area contributed by atoms with E-state index < -0.39 is 20.9 Å². The number of carbonyl (C=O) groups is 1. The molecule has 1 N–H and O–H groups in total. The summed E-state index contributed by atoms with van der Waals surface area (Å²) < 4.78 is 34.2. The quantitative estimate of drug-likeness (QED) is 0.807. The number of benzene rings is 1. The maximum absolute atomic E-state index is 13.2. The van der Waals surface area contributed by atoms with Crippen LogP contribution in [0.3, 0.4) is 0 Å². The lowest BCUT2D eigenvalue weighted by atomic mass is 9.99. The highest BCUT2D eigenvalue weighted by molar-refractivity contribution is 7.90. The van der Waals surface area contributed by atoms with E-state index in [0.717, 1.165) is 16.8 Å². The molecule has 3 aliphatic rings. The van der Waals surface area contributed by atoms with E-state index in [9.17, 15) is 13.2 Å². The number of morpholine rings is 1. The predicted octanol–water partition coefficient (Wildman–Crippen LogP) is 1.98. The second-order valence-corrected chi connectivity index (χ2v) is 10.4. The number of hydrogen-bond donors (Lipinski definition) is 1. The van der Waals surface area contributed by atoms with Crippen LogP contribution in [0.4, 0.5) is 10.5 Å². The van der Waals surface area contributed by atoms with Crippen molar-refractivity contribution in [2.24, 2.45) is 0 Å². The smallest absolute Gasteiger partial charge is 0.322 e. The van der Waals surface area contributed by atoms with Crippen molar-refractivity contribution in [2.75, 3.05) is 25.0 Å². The minimum atomic E-state index is -3.51. The summed E-state index contributed by atoms with van der Waals surface area (Å²) in [6.45, 7) is 3.14. The van der Waals surface area contributed by atoms with Gasteiger partial charge in [0, 0.05) is 37.7 Å². The van der Waals surface area contributed by atoms with Gasteiger partial charge in [-0.1, -0.05) is 18.2 Å². The number of sulfonamides is 1. The molecule has 158 valence electrons. The standard InChI is InChI=1S/C21H24N4O4S/c1-15-4-2-3-5-18(15)23-20(26)24-12-17-10-19-21(13-24,29-17)14-25(30(19,27)28)11-16-6-8-22-9-7-16/h2-9,17,19H,10-14H2,1H3,(H,23,26)/t17-,19+,21+/m0/s1. The maximum atomic E-state index is 13.2. The number of urea groups is 1. The van der Waals surface area contributed by atoms with Gasteiger partial charge in [0.25, 0.3) is 0 Å². The monoisotopic (exact) mass is 428 g/mol. The number of para-hydroxylation sites is 1. The topological polar surface area (TPSA) is 91.8 Å². The van der Waals surface area contributed by atoms with E-state index in [1.54, 1.807) is 17.3 Å². The fraction of sp³-hybridized carbons (Fsp3) is 0.429. The molecule has 4 heterocycles. The molecule has 9 heteroatoms. The highest BCUT2D eigenvalue weighted by Gasteiger charge is 2.65. The van der Waals surface area contributed by atoms with Gasteiger partial charge in [0.1, 0.15) is 10.9 Å². The number of ether oxygens (including phenoxy) is 1. The highest BCUT2D eigenvalue weighted by Crippen LogP contribution is 2.47. The van der Waals surface area contributed by atoms with Crippen molar-refractivity contribution in [1.29, 1.82) is 0 Å². The number of hydrogen-bond acceptors (Lipinski definition) is 5. The van der Waals surface area contributed by atoms with Crippen LogP contribution in [-0.4, -0.2) is 65.2 Å². The third-order valence-electron chi connectivity index (χ3n) is 6.29. The van der Waals surface area contributed by atoms with Crippen LogP contribution in [0, 0.1) is 6.92 Å². The van der Waals surface area contributed by atoms with Gasteiger partial charge in [-0.2, -0.15) is 4.31 Å². The molecule has 3 fully saturated rings. The molecule has 1 aromatic carbocycles. The van der Waals surface area contributed by atoms with Gasteiger partial charge in [-0.15, -0.1) is 0 Å². The summed E-state index contributed by atoms with van der Waals surface area (Å²) in [6, 6.07) is 11.0. The van der Waals surface area contributed by atoms with E-state index >= 15 is 0 Å². The van der Waals surface area contributed by atoms with Crippen LogP contribution in [0.2, 0.25) is 0 Å². The molecule has 2 amide bonds. The second-order valence-electron chi connectivity index (χ2n) is 8.32. The van der Waals surface area contributed by atoms with Crippen LogP contribution in [0.1, 0.15) is 17.5 Å². The van der Waals surface area contributed by atoms with E-state index in [0.29, 0.717) is 13.0 Å². The van der Waals surface area contributed by atoms with Crippen molar-refractivity contribution >= 4 is 21.7 Å². The molecule has 1 aromatic heterocycles. The Kier molecular flexibility index (Phi) is 4.57. The number of pyridine rings is 1. The lowest BCUT2D eigenvalue weighted by Gasteiger charge is -2.39. The summed E-state index contributed by atoms with van der Waals surface area (Å²) in [4.78, 5) is 18.6. The van der Waals surface area contributed by atoms with Gasteiger partial charge in [0.05, 0.1) is 12.6 Å². The molecule has 5 rings (SSSR count). The first kappa shape index (κ1) is 19.5. The first-order valence-electron chi connectivity index (χ1n) is 10.0. The van der Waals surface area contributed by atoms with E-state index in [4.69, 9.17) is 4.74 Å². The lowest BCUT2D eigenvalue weighted by Crippen LogP contribution is -2.57. The summed E-state index contributed by atoms with van der Waals surface area (Å²) in [7, 11) is -3.51. The first-order valence-corrected chi connectivity index (χ1v) is 11.5. The fourth-order valence-electron chi connectivity index (χ4n) is 4.84. The maximum Gasteiger partial charge on any atom is 0.322 e. The van der Waals surface area contributed by atoms with Gasteiger partial charge in [-0.05, 0) is 42.7 Å². The largest absolute Gasteiger partial charge is 0.365 e. The number of likely N-dealkylation sites (tertiary alicyclic amines) is 1.